The highest BCUT2D eigenvalue weighted by atomic mass is 32.2. The molecule has 3 rings (SSSR count). The highest BCUT2D eigenvalue weighted by Crippen LogP contribution is 2.35. The van der Waals surface area contributed by atoms with E-state index in [0.29, 0.717) is 20.2 Å². The third-order valence-corrected chi connectivity index (χ3v) is 5.38. The van der Waals surface area contributed by atoms with Gasteiger partial charge in [-0.05, 0) is 47.4 Å². The molecular formula is C17H16O2S. The second kappa shape index (κ2) is 5.00. The number of hydrogen-bond acceptors (Lipinski definition) is 2. The molecule has 102 valence electrons. The van der Waals surface area contributed by atoms with Gasteiger partial charge in [-0.3, -0.25) is 4.79 Å². The Bertz CT molecular complexity index is 862. The second-order valence-corrected chi connectivity index (χ2v) is 6.32. The minimum Gasteiger partial charge on any atom is -0.590 e. The van der Waals surface area contributed by atoms with Crippen molar-refractivity contribution in [3.8, 4) is 0 Å². The van der Waals surface area contributed by atoms with Gasteiger partial charge in [-0.1, -0.05) is 32.0 Å². The lowest BCUT2D eigenvalue weighted by Gasteiger charge is -2.09. The predicted molar refractivity (Wildman–Crippen MR) is 85.1 cm³/mol. The predicted octanol–water partition coefficient (Wildman–Crippen LogP) is 4.21. The molecule has 0 spiro atoms. The van der Waals surface area contributed by atoms with Gasteiger partial charge in [0, 0.05) is 5.56 Å². The summed E-state index contributed by atoms with van der Waals surface area (Å²) < 4.78 is 14.2. The van der Waals surface area contributed by atoms with E-state index in [1.807, 2.05) is 25.1 Å². The highest BCUT2D eigenvalue weighted by Gasteiger charge is 2.18. The van der Waals surface area contributed by atoms with Gasteiger partial charge in [0.15, 0.2) is 9.40 Å². The highest BCUT2D eigenvalue weighted by molar-refractivity contribution is 7.36. The Labute approximate surface area is 120 Å². The van der Waals surface area contributed by atoms with Crippen LogP contribution >= 0.6 is 10.8 Å². The number of fused-ring (bicyclic) bond motifs is 2. The first-order chi connectivity index (χ1) is 9.67. The molecule has 20 heavy (non-hydrogen) atoms. The van der Waals surface area contributed by atoms with Crippen LogP contribution in [-0.2, 0) is 12.8 Å². The van der Waals surface area contributed by atoms with E-state index < -0.39 is 10.8 Å². The van der Waals surface area contributed by atoms with Crippen molar-refractivity contribution >= 4 is 30.9 Å². The Morgan fingerprint density at radius 1 is 1.05 bits per heavy atom. The molecule has 0 saturated carbocycles. The van der Waals surface area contributed by atoms with Crippen molar-refractivity contribution < 1.29 is 4.55 Å². The van der Waals surface area contributed by atoms with Gasteiger partial charge < -0.3 is 4.55 Å². The summed E-state index contributed by atoms with van der Waals surface area (Å²) in [5, 5.41) is 1.20. The maximum atomic E-state index is 12.8. The van der Waals surface area contributed by atoms with Crippen LogP contribution in [0, 0.1) is 0 Å². The van der Waals surface area contributed by atoms with E-state index in [1.54, 1.807) is 12.1 Å². The maximum absolute atomic E-state index is 12.8. The fourth-order valence-electron chi connectivity index (χ4n) is 2.68. The molecule has 2 aromatic carbocycles. The van der Waals surface area contributed by atoms with Crippen LogP contribution in [0.25, 0.3) is 20.2 Å². The quantitative estimate of drug-likeness (QED) is 0.522. The third-order valence-electron chi connectivity index (χ3n) is 3.78. The fourth-order valence-corrected chi connectivity index (χ4v) is 4.26. The van der Waals surface area contributed by atoms with Gasteiger partial charge in [-0.15, -0.1) is 0 Å². The third kappa shape index (κ3) is 1.86. The van der Waals surface area contributed by atoms with Crippen molar-refractivity contribution in [2.45, 2.75) is 26.7 Å². The van der Waals surface area contributed by atoms with Crippen molar-refractivity contribution in [2.75, 3.05) is 0 Å². The molecule has 2 nitrogen and oxygen atoms in total. The molecule has 0 aliphatic carbocycles. The lowest BCUT2D eigenvalue weighted by molar-refractivity contribution is 0.601. The van der Waals surface area contributed by atoms with E-state index in [2.05, 4.69) is 13.0 Å². The zero-order valence-corrected chi connectivity index (χ0v) is 12.4. The number of rotatable bonds is 2. The summed E-state index contributed by atoms with van der Waals surface area (Å²) in [6.07, 6.45) is 1.67. The summed E-state index contributed by atoms with van der Waals surface area (Å²) in [4.78, 5) is 12.7. The molecule has 1 aromatic heterocycles. The molecule has 1 atom stereocenters. The van der Waals surface area contributed by atoms with Crippen LogP contribution in [-0.4, -0.2) is 4.55 Å². The van der Waals surface area contributed by atoms with Crippen LogP contribution in [0.2, 0.25) is 0 Å². The number of hydrogen-bond donors (Lipinski definition) is 0. The normalized spacial score (nSPS) is 12.2. The van der Waals surface area contributed by atoms with Crippen LogP contribution in [0.15, 0.2) is 41.2 Å². The van der Waals surface area contributed by atoms with Crippen molar-refractivity contribution in [1.29, 1.82) is 0 Å². The molecule has 3 aromatic rings. The lowest BCUT2D eigenvalue weighted by atomic mass is 10.0. The van der Waals surface area contributed by atoms with Crippen molar-refractivity contribution in [1.82, 2.24) is 0 Å². The minimum absolute atomic E-state index is 0.000185. The first-order valence-corrected chi connectivity index (χ1v) is 8.03. The van der Waals surface area contributed by atoms with E-state index in [4.69, 9.17) is 0 Å². The molecule has 0 N–H and O–H groups in total. The fraction of sp³-hybridized carbons (Fsp3) is 0.235. The molecule has 0 aliphatic rings. The van der Waals surface area contributed by atoms with Gasteiger partial charge in [-0.2, -0.15) is 0 Å². The molecule has 0 bridgehead atoms. The molecule has 0 aliphatic heterocycles. The van der Waals surface area contributed by atoms with Crippen molar-refractivity contribution in [3.05, 3.63) is 57.7 Å². The average Bonchev–Trinajstić information content (AvgIpc) is 2.51. The molecule has 3 heteroatoms. The Balaban J connectivity index is 2.62. The Morgan fingerprint density at radius 3 is 2.50 bits per heavy atom. The monoisotopic (exact) mass is 284 g/mol. The summed E-state index contributed by atoms with van der Waals surface area (Å²) >= 11 is 0. The minimum atomic E-state index is -1.25. The molecule has 0 fully saturated rings. The zero-order chi connectivity index (χ0) is 14.3. The molecule has 0 amide bonds. The summed E-state index contributed by atoms with van der Waals surface area (Å²) in [6.45, 7) is 4.11. The standard InChI is InChI=1S/C17H16O2S/c1-3-11-9-12(4-2)17-14(10-11)16(18)13-7-5-6-8-15(13)20(17)19/h5-10H,3-4H2,1-2H3. The molecule has 1 heterocycles. The molecular weight excluding hydrogens is 268 g/mol. The van der Waals surface area contributed by atoms with Crippen molar-refractivity contribution in [2.24, 2.45) is 0 Å². The maximum Gasteiger partial charge on any atom is 0.203 e. The van der Waals surface area contributed by atoms with Crippen LogP contribution in [0.1, 0.15) is 25.0 Å². The Morgan fingerprint density at radius 2 is 1.80 bits per heavy atom. The van der Waals surface area contributed by atoms with Crippen LogP contribution in [0.5, 0.6) is 0 Å². The van der Waals surface area contributed by atoms with Gasteiger partial charge >= 0.3 is 0 Å². The van der Waals surface area contributed by atoms with E-state index in [-0.39, 0.29) is 5.43 Å². The van der Waals surface area contributed by atoms with Gasteiger partial charge in [0.2, 0.25) is 5.43 Å². The van der Waals surface area contributed by atoms with Gasteiger partial charge in [0.1, 0.15) is 0 Å². The Hall–Kier alpha value is -1.71. The van der Waals surface area contributed by atoms with Crippen LogP contribution in [0.3, 0.4) is 0 Å². The first kappa shape index (κ1) is 13.3. The lowest BCUT2D eigenvalue weighted by Crippen LogP contribution is -2.04. The summed E-state index contributed by atoms with van der Waals surface area (Å²) in [7, 11) is -1.25. The topological polar surface area (TPSA) is 40.1 Å². The van der Waals surface area contributed by atoms with E-state index in [9.17, 15) is 9.35 Å². The average molecular weight is 284 g/mol. The number of aryl methyl sites for hydroxylation is 2. The largest absolute Gasteiger partial charge is 0.590 e. The zero-order valence-electron chi connectivity index (χ0n) is 11.6. The molecule has 0 radical (unpaired) electrons. The summed E-state index contributed by atoms with van der Waals surface area (Å²) in [5.74, 6) is 0. The smallest absolute Gasteiger partial charge is 0.203 e. The number of benzene rings is 2. The SMILES string of the molecule is CCc1cc(CC)c2c(c1)c(=O)c1ccccc1[s+]2[O-]. The summed E-state index contributed by atoms with van der Waals surface area (Å²) in [6, 6.07) is 11.2. The second-order valence-electron chi connectivity index (χ2n) is 4.93. The first-order valence-electron chi connectivity index (χ1n) is 6.88. The Kier molecular flexibility index (Phi) is 3.32. The molecule has 0 saturated heterocycles. The van der Waals surface area contributed by atoms with E-state index >= 15 is 0 Å². The van der Waals surface area contributed by atoms with Gasteiger partial charge in [0.25, 0.3) is 0 Å². The van der Waals surface area contributed by atoms with Crippen LogP contribution < -0.4 is 5.43 Å². The van der Waals surface area contributed by atoms with Crippen LogP contribution in [0.4, 0.5) is 0 Å². The summed E-state index contributed by atoms with van der Waals surface area (Å²) in [5.41, 5.74) is 2.16. The van der Waals surface area contributed by atoms with Gasteiger partial charge in [-0.25, -0.2) is 0 Å². The van der Waals surface area contributed by atoms with E-state index in [0.717, 1.165) is 24.0 Å². The van der Waals surface area contributed by atoms with E-state index in [1.165, 1.54) is 0 Å². The van der Waals surface area contributed by atoms with Gasteiger partial charge in [0.05, 0.1) is 10.8 Å². The van der Waals surface area contributed by atoms with Crippen molar-refractivity contribution in [3.63, 3.8) is 0 Å². The molecule has 1 unspecified atom stereocenters.